The molecule has 1 unspecified atom stereocenters. The van der Waals surface area contributed by atoms with Crippen molar-refractivity contribution in [1.82, 2.24) is 10.2 Å². The lowest BCUT2D eigenvalue weighted by molar-refractivity contribution is -0.127. The van der Waals surface area contributed by atoms with E-state index in [0.29, 0.717) is 23.5 Å². The smallest absolute Gasteiger partial charge is 0.265 e. The lowest BCUT2D eigenvalue weighted by atomic mass is 10.1. The summed E-state index contributed by atoms with van der Waals surface area (Å²) in [6, 6.07) is 4.27. The highest BCUT2D eigenvalue weighted by Crippen LogP contribution is 2.34. The van der Waals surface area contributed by atoms with E-state index in [-0.39, 0.29) is 24.2 Å². The van der Waals surface area contributed by atoms with Crippen LogP contribution in [0.4, 0.5) is 5.69 Å². The lowest BCUT2D eigenvalue weighted by Gasteiger charge is -2.33. The zero-order chi connectivity index (χ0) is 20.7. The third-order valence-electron chi connectivity index (χ3n) is 5.11. The van der Waals surface area contributed by atoms with E-state index >= 15 is 0 Å². The molecule has 1 aromatic rings. The molecule has 0 saturated heterocycles. The summed E-state index contributed by atoms with van der Waals surface area (Å²) in [7, 11) is 0. The van der Waals surface area contributed by atoms with Crippen LogP contribution in [-0.2, 0) is 9.59 Å². The summed E-state index contributed by atoms with van der Waals surface area (Å²) in [5, 5.41) is 2.92. The van der Waals surface area contributed by atoms with Gasteiger partial charge in [0.2, 0.25) is 5.91 Å². The van der Waals surface area contributed by atoms with Crippen molar-refractivity contribution in [3.8, 4) is 5.75 Å². The minimum Gasteiger partial charge on any atom is -0.482 e. The Morgan fingerprint density at radius 2 is 1.96 bits per heavy atom. The van der Waals surface area contributed by atoms with Crippen LogP contribution in [0, 0.1) is 0 Å². The molecule has 2 rings (SSSR count). The minimum atomic E-state index is -0.680. The van der Waals surface area contributed by atoms with Gasteiger partial charge in [0, 0.05) is 12.1 Å². The standard InChI is InChI=1S/C21H31N3O4/c1-5-23(6-2)12-8-7-11-22-21(27)15(3)24-18-13-17(16(4)25)9-10-19(18)28-14-20(24)26/h9-10,13,15H,5-8,11-12,14H2,1-4H3,(H,22,27). The van der Waals surface area contributed by atoms with E-state index in [1.807, 2.05) is 0 Å². The molecule has 2 amide bonds. The first-order chi connectivity index (χ1) is 13.4. The third kappa shape index (κ3) is 5.32. The number of hydrogen-bond donors (Lipinski definition) is 1. The van der Waals surface area contributed by atoms with Crippen molar-refractivity contribution < 1.29 is 19.1 Å². The normalized spacial score (nSPS) is 14.5. The largest absolute Gasteiger partial charge is 0.482 e. The third-order valence-corrected chi connectivity index (χ3v) is 5.11. The minimum absolute atomic E-state index is 0.105. The molecule has 0 fully saturated rings. The Balaban J connectivity index is 1.98. The summed E-state index contributed by atoms with van der Waals surface area (Å²) in [6.07, 6.45) is 1.90. The molecule has 1 heterocycles. The van der Waals surface area contributed by atoms with Crippen molar-refractivity contribution in [3.05, 3.63) is 23.8 Å². The highest BCUT2D eigenvalue weighted by atomic mass is 16.5. The first-order valence-corrected chi connectivity index (χ1v) is 9.98. The first-order valence-electron chi connectivity index (χ1n) is 9.98. The van der Waals surface area contributed by atoms with Crippen LogP contribution < -0.4 is 15.0 Å². The maximum Gasteiger partial charge on any atom is 0.265 e. The number of nitrogens with zero attached hydrogens (tertiary/aromatic N) is 2. The van der Waals surface area contributed by atoms with E-state index in [0.717, 1.165) is 32.5 Å². The predicted molar refractivity (Wildman–Crippen MR) is 109 cm³/mol. The van der Waals surface area contributed by atoms with Crippen LogP contribution >= 0.6 is 0 Å². The second kappa shape index (κ2) is 10.2. The number of ether oxygens (including phenoxy) is 1. The van der Waals surface area contributed by atoms with E-state index < -0.39 is 6.04 Å². The van der Waals surface area contributed by atoms with Gasteiger partial charge in [0.25, 0.3) is 5.91 Å². The average Bonchev–Trinajstić information content (AvgIpc) is 2.69. The van der Waals surface area contributed by atoms with E-state index in [4.69, 9.17) is 4.74 Å². The molecule has 0 aliphatic carbocycles. The van der Waals surface area contributed by atoms with Gasteiger partial charge >= 0.3 is 0 Å². The van der Waals surface area contributed by atoms with Crippen molar-refractivity contribution in [2.75, 3.05) is 37.7 Å². The number of benzene rings is 1. The van der Waals surface area contributed by atoms with Crippen LogP contribution in [0.25, 0.3) is 0 Å². The summed E-state index contributed by atoms with van der Waals surface area (Å²) in [5.41, 5.74) is 0.944. The monoisotopic (exact) mass is 389 g/mol. The van der Waals surface area contributed by atoms with Crippen LogP contribution in [0.3, 0.4) is 0 Å². The number of carbonyl (C=O) groups excluding carboxylic acids is 3. The van der Waals surface area contributed by atoms with Gasteiger partial charge in [-0.15, -0.1) is 0 Å². The first kappa shape index (κ1) is 21.9. The van der Waals surface area contributed by atoms with Crippen LogP contribution in [-0.4, -0.2) is 61.3 Å². The summed E-state index contributed by atoms with van der Waals surface area (Å²) in [6.45, 7) is 11.0. The second-order valence-corrected chi connectivity index (χ2v) is 6.99. The lowest BCUT2D eigenvalue weighted by Crippen LogP contribution is -2.51. The number of amides is 2. The molecule has 0 spiro atoms. The van der Waals surface area contributed by atoms with Gasteiger partial charge in [0.1, 0.15) is 11.8 Å². The van der Waals surface area contributed by atoms with Gasteiger partial charge in [-0.3, -0.25) is 19.3 Å². The molecule has 0 saturated carbocycles. The molecule has 1 atom stereocenters. The zero-order valence-electron chi connectivity index (χ0n) is 17.3. The predicted octanol–water partition coefficient (Wildman–Crippen LogP) is 2.24. The Labute approximate surface area is 167 Å². The summed E-state index contributed by atoms with van der Waals surface area (Å²) in [5.74, 6) is -0.107. The summed E-state index contributed by atoms with van der Waals surface area (Å²) >= 11 is 0. The van der Waals surface area contributed by atoms with Gasteiger partial charge < -0.3 is 15.0 Å². The van der Waals surface area contributed by atoms with Gasteiger partial charge in [-0.2, -0.15) is 0 Å². The molecule has 1 N–H and O–H groups in total. The SMILES string of the molecule is CCN(CC)CCCCNC(=O)C(C)N1C(=O)COc2ccc(C(C)=O)cc21. The molecule has 0 aromatic heterocycles. The highest BCUT2D eigenvalue weighted by molar-refractivity contribution is 6.05. The van der Waals surface area contributed by atoms with Crippen molar-refractivity contribution in [3.63, 3.8) is 0 Å². The Bertz CT molecular complexity index is 716. The topological polar surface area (TPSA) is 79.0 Å². The molecular formula is C21H31N3O4. The number of Topliss-reactive ketones (excluding diaryl/α,β-unsaturated/α-hetero) is 1. The van der Waals surface area contributed by atoms with E-state index in [1.165, 1.54) is 11.8 Å². The average molecular weight is 389 g/mol. The fourth-order valence-corrected chi connectivity index (χ4v) is 3.29. The number of anilines is 1. The molecule has 1 aliphatic rings. The van der Waals surface area contributed by atoms with Gasteiger partial charge in [0.05, 0.1) is 5.69 Å². The number of unbranched alkanes of at least 4 members (excludes halogenated alkanes) is 1. The second-order valence-electron chi connectivity index (χ2n) is 6.99. The van der Waals surface area contributed by atoms with Crippen molar-refractivity contribution >= 4 is 23.3 Å². The summed E-state index contributed by atoms with van der Waals surface area (Å²) < 4.78 is 5.45. The van der Waals surface area contributed by atoms with Crippen molar-refractivity contribution in [2.24, 2.45) is 0 Å². The fourth-order valence-electron chi connectivity index (χ4n) is 3.29. The van der Waals surface area contributed by atoms with Gasteiger partial charge in [-0.25, -0.2) is 0 Å². The van der Waals surface area contributed by atoms with Gasteiger partial charge in [0.15, 0.2) is 12.4 Å². The Morgan fingerprint density at radius 3 is 2.61 bits per heavy atom. The number of ketones is 1. The van der Waals surface area contributed by atoms with Gasteiger partial charge in [-0.1, -0.05) is 13.8 Å². The molecule has 28 heavy (non-hydrogen) atoms. The Morgan fingerprint density at radius 1 is 1.25 bits per heavy atom. The molecule has 7 nitrogen and oxygen atoms in total. The van der Waals surface area contributed by atoms with Crippen LogP contribution in [0.15, 0.2) is 18.2 Å². The Kier molecular flexibility index (Phi) is 7.99. The summed E-state index contributed by atoms with van der Waals surface area (Å²) in [4.78, 5) is 40.5. The number of fused-ring (bicyclic) bond motifs is 1. The molecular weight excluding hydrogens is 358 g/mol. The van der Waals surface area contributed by atoms with Crippen molar-refractivity contribution in [2.45, 2.75) is 46.6 Å². The van der Waals surface area contributed by atoms with Crippen LogP contribution in [0.1, 0.15) is 50.9 Å². The molecule has 7 heteroatoms. The zero-order valence-corrected chi connectivity index (χ0v) is 17.3. The van der Waals surface area contributed by atoms with E-state index in [9.17, 15) is 14.4 Å². The number of nitrogens with one attached hydrogen (secondary N) is 1. The fraction of sp³-hybridized carbons (Fsp3) is 0.571. The molecule has 0 radical (unpaired) electrons. The maximum absolute atomic E-state index is 12.6. The number of carbonyl (C=O) groups is 3. The number of hydrogen-bond acceptors (Lipinski definition) is 5. The van der Waals surface area contributed by atoms with E-state index in [2.05, 4.69) is 24.1 Å². The molecule has 0 bridgehead atoms. The molecule has 1 aliphatic heterocycles. The van der Waals surface area contributed by atoms with Crippen LogP contribution in [0.5, 0.6) is 5.75 Å². The maximum atomic E-state index is 12.6. The molecule has 154 valence electrons. The number of rotatable bonds is 10. The van der Waals surface area contributed by atoms with Gasteiger partial charge in [-0.05, 0) is 64.5 Å². The quantitative estimate of drug-likeness (QED) is 0.490. The molecule has 1 aromatic carbocycles. The highest BCUT2D eigenvalue weighted by Gasteiger charge is 2.33. The Hall–Kier alpha value is -2.41. The van der Waals surface area contributed by atoms with E-state index in [1.54, 1.807) is 25.1 Å². The van der Waals surface area contributed by atoms with Crippen LogP contribution in [0.2, 0.25) is 0 Å². The van der Waals surface area contributed by atoms with Crippen molar-refractivity contribution in [1.29, 1.82) is 0 Å².